The number of hydrogen-bond acceptors (Lipinski definition) is 2. The van der Waals surface area contributed by atoms with E-state index in [9.17, 15) is 22.8 Å². The lowest BCUT2D eigenvalue weighted by Gasteiger charge is -2.18. The van der Waals surface area contributed by atoms with E-state index in [1.165, 1.54) is 17.9 Å². The molecule has 0 aliphatic carbocycles. The molecule has 25 heavy (non-hydrogen) atoms. The van der Waals surface area contributed by atoms with Crippen LogP contribution in [0.15, 0.2) is 42.5 Å². The van der Waals surface area contributed by atoms with Crippen molar-refractivity contribution >= 4 is 17.5 Å². The van der Waals surface area contributed by atoms with Gasteiger partial charge in [0, 0.05) is 31.3 Å². The predicted octanol–water partition coefficient (Wildman–Crippen LogP) is 3.82. The molecule has 130 valence electrons. The summed E-state index contributed by atoms with van der Waals surface area (Å²) in [4.78, 5) is 25.3. The number of benzene rings is 2. The average Bonchev–Trinajstić information content (AvgIpc) is 2.96. The summed E-state index contributed by atoms with van der Waals surface area (Å²) in [5.74, 6) is -1.01. The molecule has 0 atom stereocenters. The largest absolute Gasteiger partial charge is 0.416 e. The molecule has 0 fully saturated rings. The number of nitrogens with one attached hydrogen (secondary N) is 1. The first-order valence-electron chi connectivity index (χ1n) is 7.60. The molecule has 0 saturated heterocycles. The number of fused-ring (bicyclic) bond motifs is 1. The topological polar surface area (TPSA) is 49.4 Å². The molecule has 0 saturated carbocycles. The molecule has 7 heteroatoms. The van der Waals surface area contributed by atoms with E-state index < -0.39 is 23.6 Å². The van der Waals surface area contributed by atoms with Crippen LogP contribution in [0.5, 0.6) is 0 Å². The zero-order valence-electron chi connectivity index (χ0n) is 13.4. The lowest BCUT2D eigenvalue weighted by atomic mass is 10.1. The molecule has 1 aliphatic rings. The molecule has 0 radical (unpaired) electrons. The van der Waals surface area contributed by atoms with Crippen LogP contribution >= 0.6 is 0 Å². The number of carbonyl (C=O) groups is 2. The summed E-state index contributed by atoms with van der Waals surface area (Å²) in [6.07, 6.45) is -4.61. The molecule has 2 aromatic rings. The molecular weight excluding hydrogens is 333 g/mol. The van der Waals surface area contributed by atoms with E-state index in [0.717, 1.165) is 23.3 Å². The van der Waals surface area contributed by atoms with E-state index in [1.54, 1.807) is 0 Å². The van der Waals surface area contributed by atoms with Crippen LogP contribution in [-0.4, -0.2) is 16.7 Å². The van der Waals surface area contributed by atoms with Crippen LogP contribution in [-0.2, 0) is 24.1 Å². The number of anilines is 1. The maximum atomic E-state index is 13.1. The van der Waals surface area contributed by atoms with E-state index in [0.29, 0.717) is 13.1 Å². The molecule has 0 bridgehead atoms. The van der Waals surface area contributed by atoms with Crippen molar-refractivity contribution in [2.75, 3.05) is 5.32 Å². The summed E-state index contributed by atoms with van der Waals surface area (Å²) in [5.41, 5.74) is 0.822. The van der Waals surface area contributed by atoms with Crippen molar-refractivity contribution in [3.05, 3.63) is 64.7 Å². The molecule has 1 N–H and O–H groups in total. The molecule has 0 spiro atoms. The van der Waals surface area contributed by atoms with Crippen molar-refractivity contribution in [3.63, 3.8) is 0 Å². The maximum Gasteiger partial charge on any atom is 0.416 e. The number of halogens is 3. The molecular formula is C18H15F3N2O2. The van der Waals surface area contributed by atoms with Crippen molar-refractivity contribution in [2.24, 2.45) is 0 Å². The van der Waals surface area contributed by atoms with Gasteiger partial charge >= 0.3 is 6.18 Å². The van der Waals surface area contributed by atoms with Crippen LogP contribution in [0.4, 0.5) is 18.9 Å². The Morgan fingerprint density at radius 1 is 1.04 bits per heavy atom. The second-order valence-electron chi connectivity index (χ2n) is 5.91. The van der Waals surface area contributed by atoms with E-state index in [-0.39, 0.29) is 11.3 Å². The fraction of sp³-hybridized carbons (Fsp3) is 0.222. The first kappa shape index (κ1) is 17.0. The van der Waals surface area contributed by atoms with Crippen LogP contribution in [0.2, 0.25) is 0 Å². The standard InChI is InChI=1S/C18H15F3N2O2/c1-11(24)22-16-7-14(6-15(8-16)18(19,20)21)17(25)23-9-12-4-2-3-5-13(12)10-23/h2-8H,9-10H2,1H3,(H,22,24). The average molecular weight is 348 g/mol. The van der Waals surface area contributed by atoms with Crippen molar-refractivity contribution in [2.45, 2.75) is 26.2 Å². The van der Waals surface area contributed by atoms with Gasteiger partial charge in [-0.25, -0.2) is 0 Å². The third-order valence-corrected chi connectivity index (χ3v) is 3.96. The lowest BCUT2D eigenvalue weighted by Crippen LogP contribution is -2.26. The molecule has 1 heterocycles. The van der Waals surface area contributed by atoms with Crippen molar-refractivity contribution in [1.82, 2.24) is 4.90 Å². The van der Waals surface area contributed by atoms with Gasteiger partial charge in [0.15, 0.2) is 0 Å². The Bertz CT molecular complexity index is 821. The molecule has 3 rings (SSSR count). The monoisotopic (exact) mass is 348 g/mol. The SMILES string of the molecule is CC(=O)Nc1cc(C(=O)N2Cc3ccccc3C2)cc(C(F)(F)F)c1. The van der Waals surface area contributed by atoms with Gasteiger partial charge in [0.1, 0.15) is 0 Å². The molecule has 0 aromatic heterocycles. The van der Waals surface area contributed by atoms with Gasteiger partial charge < -0.3 is 10.2 Å². The fourth-order valence-corrected chi connectivity index (χ4v) is 2.85. The van der Waals surface area contributed by atoms with Crippen LogP contribution < -0.4 is 5.32 Å². The highest BCUT2D eigenvalue weighted by molar-refractivity contribution is 5.97. The number of hydrogen-bond donors (Lipinski definition) is 1. The van der Waals surface area contributed by atoms with Gasteiger partial charge in [-0.05, 0) is 29.3 Å². The molecule has 1 aliphatic heterocycles. The van der Waals surface area contributed by atoms with Crippen LogP contribution in [0.1, 0.15) is 34.0 Å². The highest BCUT2D eigenvalue weighted by atomic mass is 19.4. The summed E-state index contributed by atoms with van der Waals surface area (Å²) in [6.45, 7) is 1.89. The first-order chi connectivity index (χ1) is 11.7. The second kappa shape index (κ2) is 6.23. The fourth-order valence-electron chi connectivity index (χ4n) is 2.85. The summed E-state index contributed by atoms with van der Waals surface area (Å²) >= 11 is 0. The second-order valence-corrected chi connectivity index (χ2v) is 5.91. The Morgan fingerprint density at radius 3 is 2.16 bits per heavy atom. The Hall–Kier alpha value is -2.83. The third kappa shape index (κ3) is 3.65. The lowest BCUT2D eigenvalue weighted by molar-refractivity contribution is -0.137. The van der Waals surface area contributed by atoms with Gasteiger partial charge in [0.2, 0.25) is 5.91 Å². The number of carbonyl (C=O) groups excluding carboxylic acids is 2. The predicted molar refractivity (Wildman–Crippen MR) is 85.8 cm³/mol. The molecule has 0 unspecified atom stereocenters. The zero-order valence-corrected chi connectivity index (χ0v) is 13.4. The minimum atomic E-state index is -4.61. The zero-order chi connectivity index (χ0) is 18.2. The number of amides is 2. The minimum absolute atomic E-state index is 0.0533. The smallest absolute Gasteiger partial charge is 0.330 e. The number of nitrogens with zero attached hydrogens (tertiary/aromatic N) is 1. The Labute approximate surface area is 142 Å². The van der Waals surface area contributed by atoms with E-state index in [1.807, 2.05) is 24.3 Å². The van der Waals surface area contributed by atoms with E-state index in [4.69, 9.17) is 0 Å². The van der Waals surface area contributed by atoms with Gasteiger partial charge in [0.25, 0.3) is 5.91 Å². The van der Waals surface area contributed by atoms with Crippen molar-refractivity contribution in [1.29, 1.82) is 0 Å². The molecule has 2 aromatic carbocycles. The van der Waals surface area contributed by atoms with Gasteiger partial charge in [0.05, 0.1) is 5.56 Å². The molecule has 4 nitrogen and oxygen atoms in total. The molecule has 2 amide bonds. The van der Waals surface area contributed by atoms with Gasteiger partial charge in [-0.15, -0.1) is 0 Å². The van der Waals surface area contributed by atoms with Gasteiger partial charge in [-0.2, -0.15) is 13.2 Å². The Balaban J connectivity index is 1.93. The summed E-state index contributed by atoms with van der Waals surface area (Å²) in [7, 11) is 0. The van der Waals surface area contributed by atoms with E-state index in [2.05, 4.69) is 5.32 Å². The quantitative estimate of drug-likeness (QED) is 0.897. The number of rotatable bonds is 2. The highest BCUT2D eigenvalue weighted by Crippen LogP contribution is 2.33. The third-order valence-electron chi connectivity index (χ3n) is 3.96. The van der Waals surface area contributed by atoms with Crippen LogP contribution in [0, 0.1) is 0 Å². The maximum absolute atomic E-state index is 13.1. The van der Waals surface area contributed by atoms with Crippen molar-refractivity contribution < 1.29 is 22.8 Å². The first-order valence-corrected chi connectivity index (χ1v) is 7.60. The minimum Gasteiger partial charge on any atom is -0.330 e. The Morgan fingerprint density at radius 2 is 1.64 bits per heavy atom. The van der Waals surface area contributed by atoms with Crippen LogP contribution in [0.3, 0.4) is 0 Å². The Kier molecular flexibility index (Phi) is 4.24. The number of alkyl halides is 3. The summed E-state index contributed by atoms with van der Waals surface area (Å²) in [6, 6.07) is 10.4. The van der Waals surface area contributed by atoms with Gasteiger partial charge in [-0.1, -0.05) is 24.3 Å². The normalized spacial score (nSPS) is 13.5. The van der Waals surface area contributed by atoms with Crippen LogP contribution in [0.25, 0.3) is 0 Å². The van der Waals surface area contributed by atoms with Crippen molar-refractivity contribution in [3.8, 4) is 0 Å². The van der Waals surface area contributed by atoms with E-state index >= 15 is 0 Å². The summed E-state index contributed by atoms with van der Waals surface area (Å²) in [5, 5.41) is 2.31. The summed E-state index contributed by atoms with van der Waals surface area (Å²) < 4.78 is 39.3. The van der Waals surface area contributed by atoms with Gasteiger partial charge in [-0.3, -0.25) is 9.59 Å². The highest BCUT2D eigenvalue weighted by Gasteiger charge is 2.33.